The summed E-state index contributed by atoms with van der Waals surface area (Å²) in [5, 5.41) is 0. The molecule has 0 aromatic heterocycles. The topological polar surface area (TPSA) is 0 Å². The van der Waals surface area contributed by atoms with E-state index in [1.54, 1.807) is 0 Å². The molecule has 0 heteroatoms. The second-order valence-electron chi connectivity index (χ2n) is 7.40. The lowest BCUT2D eigenvalue weighted by Crippen LogP contribution is -2.30. The van der Waals surface area contributed by atoms with Crippen LogP contribution in [0.3, 0.4) is 0 Å². The van der Waals surface area contributed by atoms with Gasteiger partial charge < -0.3 is 0 Å². The van der Waals surface area contributed by atoms with Crippen molar-refractivity contribution in [1.82, 2.24) is 0 Å². The van der Waals surface area contributed by atoms with Crippen molar-refractivity contribution in [3.8, 4) is 0 Å². The van der Waals surface area contributed by atoms with Crippen LogP contribution in [0.1, 0.15) is 74.7 Å². The highest BCUT2D eigenvalue weighted by atomic mass is 14.4. The highest BCUT2D eigenvalue weighted by Crippen LogP contribution is 2.41. The highest BCUT2D eigenvalue weighted by Gasteiger charge is 2.31. The van der Waals surface area contributed by atoms with Crippen LogP contribution in [0.4, 0.5) is 0 Å². The summed E-state index contributed by atoms with van der Waals surface area (Å²) in [5.74, 6) is 3.34. The average Bonchev–Trinajstić information content (AvgIpc) is 2.10. The van der Waals surface area contributed by atoms with Crippen molar-refractivity contribution in [3.05, 3.63) is 0 Å². The van der Waals surface area contributed by atoms with E-state index in [0.29, 0.717) is 5.41 Å². The van der Waals surface area contributed by atoms with Gasteiger partial charge in [0.2, 0.25) is 0 Å². The standard InChI is InChI=1S/C16H34/c1-12(2)9-10-16(7,8)15(14(5)6)11-13(3)4/h12-15H,9-11H2,1-8H3. The van der Waals surface area contributed by atoms with Crippen LogP contribution in [0.25, 0.3) is 0 Å². The van der Waals surface area contributed by atoms with E-state index in [-0.39, 0.29) is 0 Å². The summed E-state index contributed by atoms with van der Waals surface area (Å²) >= 11 is 0. The predicted octanol–water partition coefficient (Wildman–Crippen LogP) is 5.77. The zero-order chi connectivity index (χ0) is 12.9. The van der Waals surface area contributed by atoms with Gasteiger partial charge in [-0.25, -0.2) is 0 Å². The Balaban J connectivity index is 4.49. The quantitative estimate of drug-likeness (QED) is 0.517. The van der Waals surface area contributed by atoms with Crippen LogP contribution in [0.5, 0.6) is 0 Å². The van der Waals surface area contributed by atoms with Crippen LogP contribution in [-0.2, 0) is 0 Å². The van der Waals surface area contributed by atoms with E-state index in [1.807, 2.05) is 0 Å². The minimum absolute atomic E-state index is 0.503. The molecule has 0 bridgehead atoms. The molecule has 16 heavy (non-hydrogen) atoms. The Morgan fingerprint density at radius 2 is 1.31 bits per heavy atom. The molecule has 0 aliphatic carbocycles. The maximum Gasteiger partial charge on any atom is -0.0323 e. The molecule has 0 rings (SSSR count). The Morgan fingerprint density at radius 1 is 0.812 bits per heavy atom. The van der Waals surface area contributed by atoms with Crippen LogP contribution in [0.15, 0.2) is 0 Å². The molecule has 0 heterocycles. The van der Waals surface area contributed by atoms with Crippen molar-refractivity contribution in [1.29, 1.82) is 0 Å². The fourth-order valence-electron chi connectivity index (χ4n) is 2.85. The van der Waals surface area contributed by atoms with Crippen LogP contribution < -0.4 is 0 Å². The maximum absolute atomic E-state index is 2.47. The van der Waals surface area contributed by atoms with Crippen LogP contribution >= 0.6 is 0 Å². The summed E-state index contributed by atoms with van der Waals surface area (Å²) in [7, 11) is 0. The van der Waals surface area contributed by atoms with E-state index < -0.39 is 0 Å². The van der Waals surface area contributed by atoms with E-state index >= 15 is 0 Å². The molecule has 0 aliphatic heterocycles. The van der Waals surface area contributed by atoms with Crippen LogP contribution in [0.2, 0.25) is 0 Å². The van der Waals surface area contributed by atoms with Crippen LogP contribution in [0, 0.1) is 29.1 Å². The van der Waals surface area contributed by atoms with Gasteiger partial charge in [0.1, 0.15) is 0 Å². The zero-order valence-corrected chi connectivity index (χ0v) is 12.9. The van der Waals surface area contributed by atoms with E-state index in [1.165, 1.54) is 19.3 Å². The molecule has 0 fully saturated rings. The summed E-state index contributed by atoms with van der Waals surface area (Å²) in [4.78, 5) is 0. The molecule has 0 nitrogen and oxygen atoms in total. The summed E-state index contributed by atoms with van der Waals surface area (Å²) in [6, 6.07) is 0. The van der Waals surface area contributed by atoms with E-state index in [9.17, 15) is 0 Å². The van der Waals surface area contributed by atoms with Gasteiger partial charge in [0.25, 0.3) is 0 Å². The van der Waals surface area contributed by atoms with Gasteiger partial charge >= 0.3 is 0 Å². The Bertz CT molecular complexity index is 174. The fraction of sp³-hybridized carbons (Fsp3) is 1.00. The van der Waals surface area contributed by atoms with Gasteiger partial charge in [0, 0.05) is 0 Å². The van der Waals surface area contributed by atoms with Crippen molar-refractivity contribution < 1.29 is 0 Å². The summed E-state index contributed by atoms with van der Waals surface area (Å²) in [6.45, 7) is 19.1. The first-order chi connectivity index (χ1) is 7.16. The lowest BCUT2D eigenvalue weighted by Gasteiger charge is -2.39. The van der Waals surface area contributed by atoms with Crippen LogP contribution in [-0.4, -0.2) is 0 Å². The largest absolute Gasteiger partial charge is 0.0628 e. The van der Waals surface area contributed by atoms with Gasteiger partial charge in [-0.15, -0.1) is 0 Å². The molecule has 0 spiro atoms. The maximum atomic E-state index is 2.47. The number of rotatable bonds is 7. The average molecular weight is 226 g/mol. The van der Waals surface area contributed by atoms with Gasteiger partial charge in [0.15, 0.2) is 0 Å². The van der Waals surface area contributed by atoms with Gasteiger partial charge in [-0.1, -0.05) is 61.8 Å². The lowest BCUT2D eigenvalue weighted by molar-refractivity contribution is 0.111. The molecule has 0 aliphatic rings. The Hall–Kier alpha value is 0. The first kappa shape index (κ1) is 16.0. The molecule has 0 aromatic rings. The third-order valence-corrected chi connectivity index (χ3v) is 3.90. The summed E-state index contributed by atoms with van der Waals surface area (Å²) < 4.78 is 0. The Kier molecular flexibility index (Phi) is 6.67. The van der Waals surface area contributed by atoms with Gasteiger partial charge in [0.05, 0.1) is 0 Å². The molecule has 98 valence electrons. The summed E-state index contributed by atoms with van der Waals surface area (Å²) in [5.41, 5.74) is 0.503. The van der Waals surface area contributed by atoms with Gasteiger partial charge in [-0.05, 0) is 41.9 Å². The molecule has 1 unspecified atom stereocenters. The first-order valence-electron chi connectivity index (χ1n) is 7.16. The molecular formula is C16H34. The van der Waals surface area contributed by atoms with Gasteiger partial charge in [-0.2, -0.15) is 0 Å². The molecule has 0 aromatic carbocycles. The third kappa shape index (κ3) is 5.92. The zero-order valence-electron chi connectivity index (χ0n) is 12.9. The van der Waals surface area contributed by atoms with Crippen molar-refractivity contribution in [2.45, 2.75) is 74.7 Å². The SMILES string of the molecule is CC(C)CCC(C)(C)C(CC(C)C)C(C)C. The van der Waals surface area contributed by atoms with E-state index in [0.717, 1.165) is 23.7 Å². The molecule has 1 atom stereocenters. The molecule has 0 radical (unpaired) electrons. The van der Waals surface area contributed by atoms with Gasteiger partial charge in [-0.3, -0.25) is 0 Å². The molecule has 0 saturated heterocycles. The Morgan fingerprint density at radius 3 is 1.62 bits per heavy atom. The van der Waals surface area contributed by atoms with E-state index in [2.05, 4.69) is 55.4 Å². The molecular weight excluding hydrogens is 192 g/mol. The molecule has 0 N–H and O–H groups in total. The monoisotopic (exact) mass is 226 g/mol. The number of hydrogen-bond acceptors (Lipinski definition) is 0. The number of hydrogen-bond donors (Lipinski definition) is 0. The van der Waals surface area contributed by atoms with Crippen molar-refractivity contribution in [2.75, 3.05) is 0 Å². The predicted molar refractivity (Wildman–Crippen MR) is 75.6 cm³/mol. The Labute approximate surface area is 104 Å². The van der Waals surface area contributed by atoms with Crippen molar-refractivity contribution in [2.24, 2.45) is 29.1 Å². The minimum atomic E-state index is 0.503. The lowest BCUT2D eigenvalue weighted by atomic mass is 9.67. The third-order valence-electron chi connectivity index (χ3n) is 3.90. The highest BCUT2D eigenvalue weighted by molar-refractivity contribution is 4.81. The second-order valence-corrected chi connectivity index (χ2v) is 7.40. The summed E-state index contributed by atoms with van der Waals surface area (Å²) in [6.07, 6.45) is 4.12. The van der Waals surface area contributed by atoms with Crippen molar-refractivity contribution >= 4 is 0 Å². The molecule has 0 amide bonds. The normalized spacial score (nSPS) is 15.2. The fourth-order valence-corrected chi connectivity index (χ4v) is 2.85. The minimum Gasteiger partial charge on any atom is -0.0628 e. The van der Waals surface area contributed by atoms with Crippen molar-refractivity contribution in [3.63, 3.8) is 0 Å². The smallest absolute Gasteiger partial charge is 0.0323 e. The first-order valence-corrected chi connectivity index (χ1v) is 7.16. The van der Waals surface area contributed by atoms with E-state index in [4.69, 9.17) is 0 Å². The molecule has 0 saturated carbocycles. The second kappa shape index (κ2) is 6.67.